The van der Waals surface area contributed by atoms with Crippen molar-refractivity contribution in [2.24, 2.45) is 0 Å². The van der Waals surface area contributed by atoms with Crippen molar-refractivity contribution in [2.75, 3.05) is 19.6 Å². The zero-order valence-corrected chi connectivity index (χ0v) is 69.6. The van der Waals surface area contributed by atoms with Crippen LogP contribution >= 0.6 is 0 Å². The van der Waals surface area contributed by atoms with Crippen LogP contribution in [0.3, 0.4) is 0 Å². The molecule has 602 valence electrons. The molecule has 0 spiro atoms. The fourth-order valence-electron chi connectivity index (χ4n) is 21.3. The van der Waals surface area contributed by atoms with E-state index in [-0.39, 0.29) is 133 Å². The summed E-state index contributed by atoms with van der Waals surface area (Å²) in [6, 6.07) is 85.8. The highest BCUT2D eigenvalue weighted by atomic mass is 16.5. The molecule has 8 nitrogen and oxygen atoms in total. The Hall–Kier alpha value is -16.2. The van der Waals surface area contributed by atoms with Crippen molar-refractivity contribution in [3.8, 4) is 78.9 Å². The molecule has 27 rings (SSSR count). The minimum Gasteiger partial charge on any atom is -0.459 e. The van der Waals surface area contributed by atoms with Crippen molar-refractivity contribution in [1.29, 1.82) is 0 Å². The van der Waals surface area contributed by atoms with E-state index in [0.717, 1.165) is 27.8 Å². The molecule has 0 unspecified atom stereocenters. The molecule has 0 fully saturated rings. The van der Waals surface area contributed by atoms with Crippen LogP contribution in [0.2, 0.25) is 0 Å². The first-order valence-corrected chi connectivity index (χ1v) is 43.3. The summed E-state index contributed by atoms with van der Waals surface area (Å²) in [4.78, 5) is 8.05. The normalized spacial score (nSPS) is 15.3. The van der Waals surface area contributed by atoms with Crippen LogP contribution in [0.5, 0.6) is 23.0 Å². The minimum atomic E-state index is -1.60. The number of benzene rings is 19. The van der Waals surface area contributed by atoms with Crippen molar-refractivity contribution in [3.63, 3.8) is 0 Å². The van der Waals surface area contributed by atoms with Gasteiger partial charge in [-0.15, -0.1) is 0 Å². The van der Waals surface area contributed by atoms with Gasteiger partial charge < -0.3 is 38.2 Å². The van der Waals surface area contributed by atoms with E-state index in [1.807, 2.05) is 267 Å². The van der Waals surface area contributed by atoms with Gasteiger partial charge in [-0.3, -0.25) is 0 Å². The molecule has 0 bridgehead atoms. The van der Waals surface area contributed by atoms with Crippen molar-refractivity contribution in [1.82, 2.24) is 9.13 Å². The molecule has 8 heterocycles. The highest BCUT2D eigenvalue weighted by Gasteiger charge is 2.55. The molecule has 19 aromatic carbocycles. The summed E-state index contributed by atoms with van der Waals surface area (Å²) in [5, 5.41) is 0.126. The molecule has 0 saturated carbocycles. The Labute approximate surface area is 777 Å². The van der Waals surface area contributed by atoms with Gasteiger partial charge in [-0.25, -0.2) is 0 Å². The molecule has 0 radical (unpaired) electrons. The van der Waals surface area contributed by atoms with E-state index in [9.17, 15) is 27.4 Å². The van der Waals surface area contributed by atoms with Crippen molar-refractivity contribution < 1.29 is 36.9 Å². The first-order valence-electron chi connectivity index (χ1n) is 53.3. The van der Waals surface area contributed by atoms with E-state index >= 15 is 0 Å². The number of fused-ring (bicyclic) bond motifs is 20. The molecular formula is C118H79B3N6O2. The topological polar surface area (TPSA) is 41.3 Å². The third-order valence-corrected chi connectivity index (χ3v) is 26.6. The lowest BCUT2D eigenvalue weighted by molar-refractivity contribution is 0.490. The number of nitrogens with zero attached hydrogens (tertiary/aromatic N) is 6. The standard InChI is InChI=1S/C118H79B3N6O2/c1-118(2,3)78-70-97-107-98(71-78)127(113-85(76-42-16-6-17-43-76)58-37-59-86(113)77-44-18-7-19-45-77)102-73-100-109-117(129-104-65-35-31-61-90(104)120(109)92-67-69-96(106-88-55-29-33-63-94(88)125(100)115(92)106)123(81-50-24-10-25-51-81)82-52-26-11-27-53-82)111(102)121(107)110-101(126(97)112-83(74-38-12-4-13-39-74)56-36-57-84(112)75-40-14-5-15-41-75)72-99-108-116(110)128-103-64-34-30-60-89(103)119(108)91-66-68-95(105-87-54-28-32-62-93(87)124(99)114(91)105)122(79-46-20-8-21-47-79)80-48-22-9-23-49-80/h4-73H,1-3H3/i28D,29D,30D,31D,32D,33D,34D,35D,54D,55D,60D,61D,62D,63D,64D,65D,66D,67D,68D,69D. The number of para-hydroxylation sites is 10. The SMILES string of the molecule is [2H]c1c([2H])c([2H])c2c(c1[2H])Oc1c3c(cc4c1B2c1c([2H])c([2H])c(N(c2ccccc2)c2ccccc2)c2c5c([2H])c([2H])c([2H])c([2H])c5n-4c12)N(c1c(-c2ccccc2)cccc1-c1ccccc1)c1cc(C(C)(C)C)cc2c1B3c1c(cc3c4c1Oc1c([2H])c([2H])c([2H])c([2H])c1B4c1c([2H])c([2H])c(N(c4ccccc4)c4ccccc4)c4c5c([2H])c([2H])c([2H])c([2H])c5n-3c14)N2c1c(-c2ccccc2)cccc1-c1ccccc1. The third-order valence-electron chi connectivity index (χ3n) is 26.6. The van der Waals surface area contributed by atoms with Crippen molar-refractivity contribution in [2.45, 2.75) is 26.2 Å². The predicted molar refractivity (Wildman–Crippen MR) is 541 cm³/mol. The molecular weight excluding hydrogens is 1570 g/mol. The molecule has 0 saturated heterocycles. The fourth-order valence-corrected chi connectivity index (χ4v) is 21.3. The first kappa shape index (κ1) is 55.9. The molecule has 0 aliphatic carbocycles. The number of hydrogen-bond donors (Lipinski definition) is 0. The average molecular weight is 1670 g/mol. The highest BCUT2D eigenvalue weighted by molar-refractivity contribution is 7.05. The van der Waals surface area contributed by atoms with Gasteiger partial charge in [-0.05, 0) is 191 Å². The summed E-state index contributed by atoms with van der Waals surface area (Å²) < 4.78 is 230. The number of ether oxygens (including phenoxy) is 2. The number of anilines is 12. The number of hydrogen-bond acceptors (Lipinski definition) is 6. The predicted octanol–water partition coefficient (Wildman–Crippen LogP) is 24.7. The quantitative estimate of drug-likeness (QED) is 0.114. The Morgan fingerprint density at radius 1 is 0.287 bits per heavy atom. The van der Waals surface area contributed by atoms with Crippen LogP contribution in [0.15, 0.2) is 424 Å². The lowest BCUT2D eigenvalue weighted by Crippen LogP contribution is -2.67. The lowest BCUT2D eigenvalue weighted by atomic mass is 9.28. The molecule has 6 aliphatic rings. The van der Waals surface area contributed by atoms with Crippen LogP contribution < -0.4 is 78.2 Å². The summed E-state index contributed by atoms with van der Waals surface area (Å²) in [5.41, 5.74) is 12.0. The van der Waals surface area contributed by atoms with Crippen molar-refractivity contribution >= 4 is 181 Å². The fraction of sp³-hybridized carbons (Fsp3) is 0.0339. The Kier molecular flexibility index (Phi) is 12.2. The summed E-state index contributed by atoms with van der Waals surface area (Å²) in [6.45, 7) is 1.72. The van der Waals surface area contributed by atoms with Crippen LogP contribution in [0.25, 0.3) is 99.5 Å². The third kappa shape index (κ3) is 10.6. The smallest absolute Gasteiger partial charge is 0.261 e. The Balaban J connectivity index is 0.912. The van der Waals surface area contributed by atoms with Crippen LogP contribution in [0.1, 0.15) is 53.7 Å². The molecule has 21 aromatic rings. The van der Waals surface area contributed by atoms with E-state index in [1.54, 1.807) is 18.9 Å². The van der Waals surface area contributed by atoms with Gasteiger partial charge in [0.2, 0.25) is 0 Å². The van der Waals surface area contributed by atoms with E-state index in [2.05, 4.69) is 67.0 Å². The maximum atomic E-state index is 11.4. The number of aromatic nitrogens is 2. The molecule has 0 atom stereocenters. The maximum Gasteiger partial charge on any atom is 0.261 e. The van der Waals surface area contributed by atoms with Gasteiger partial charge in [-0.2, -0.15) is 0 Å². The summed E-state index contributed by atoms with van der Waals surface area (Å²) in [5.74, 6) is -0.903. The van der Waals surface area contributed by atoms with E-state index in [1.165, 1.54) is 0 Å². The largest absolute Gasteiger partial charge is 0.459 e. The van der Waals surface area contributed by atoms with Gasteiger partial charge in [-0.1, -0.05) is 336 Å². The van der Waals surface area contributed by atoms with Gasteiger partial charge in [0.25, 0.3) is 20.1 Å². The zero-order chi connectivity index (χ0) is 102. The van der Waals surface area contributed by atoms with Gasteiger partial charge >= 0.3 is 0 Å². The minimum absolute atomic E-state index is 0.0153. The summed E-state index contributed by atoms with van der Waals surface area (Å²) in [7, 11) is 0. The van der Waals surface area contributed by atoms with E-state index in [4.69, 9.17) is 9.47 Å². The van der Waals surface area contributed by atoms with Crippen LogP contribution in [-0.4, -0.2) is 29.3 Å². The van der Waals surface area contributed by atoms with E-state index < -0.39 is 146 Å². The Bertz CT molecular complexity index is 8830. The van der Waals surface area contributed by atoms with Gasteiger partial charge in [0.05, 0.1) is 72.2 Å². The second-order valence-electron chi connectivity index (χ2n) is 34.5. The molecule has 11 heteroatoms. The molecule has 0 N–H and O–H groups in total. The Morgan fingerprint density at radius 2 is 0.597 bits per heavy atom. The molecule has 2 aromatic heterocycles. The van der Waals surface area contributed by atoms with E-state index in [0.29, 0.717) is 84.6 Å². The molecule has 0 amide bonds. The summed E-state index contributed by atoms with van der Waals surface area (Å²) >= 11 is 0. The zero-order valence-electron chi connectivity index (χ0n) is 89.6. The van der Waals surface area contributed by atoms with Gasteiger partial charge in [0.1, 0.15) is 23.0 Å². The molecule has 6 aliphatic heterocycles. The van der Waals surface area contributed by atoms with Crippen molar-refractivity contribution in [3.05, 3.63) is 430 Å². The average Bonchev–Trinajstić information content (AvgIpc) is 1.56. The van der Waals surface area contributed by atoms with Crippen LogP contribution in [0, 0.1) is 0 Å². The van der Waals surface area contributed by atoms with Gasteiger partial charge in [0, 0.05) is 101 Å². The monoisotopic (exact) mass is 1660 g/mol. The summed E-state index contributed by atoms with van der Waals surface area (Å²) in [6.07, 6.45) is 0. The Morgan fingerprint density at radius 3 is 0.946 bits per heavy atom. The second-order valence-corrected chi connectivity index (χ2v) is 34.5. The maximum absolute atomic E-state index is 11.4. The van der Waals surface area contributed by atoms with Crippen LogP contribution in [-0.2, 0) is 5.41 Å². The lowest BCUT2D eigenvalue weighted by Gasteiger charge is -2.49. The highest BCUT2D eigenvalue weighted by Crippen LogP contribution is 2.58. The first-order chi connectivity index (χ1) is 72.1. The second kappa shape index (κ2) is 28.1. The molecule has 129 heavy (non-hydrogen) atoms. The van der Waals surface area contributed by atoms with Crippen LogP contribution in [0.4, 0.5) is 68.2 Å². The van der Waals surface area contributed by atoms with Gasteiger partial charge in [0.15, 0.2) is 0 Å². The number of rotatable bonds is 12.